The Labute approximate surface area is 180 Å². The number of carbonyl (C=O) groups excluding carboxylic acids is 1. The van der Waals surface area contributed by atoms with Gasteiger partial charge in [-0.1, -0.05) is 6.07 Å². The highest BCUT2D eigenvalue weighted by molar-refractivity contribution is 5.94. The highest BCUT2D eigenvalue weighted by Crippen LogP contribution is 2.46. The maximum Gasteiger partial charge on any atom is 0.273 e. The number of nitrogens with zero attached hydrogens (tertiary/aromatic N) is 5. The number of pyridine rings is 1. The number of imidazole rings is 1. The van der Waals surface area contributed by atoms with Crippen LogP contribution in [0.4, 0.5) is 13.2 Å². The minimum absolute atomic E-state index is 0.0626. The molecule has 2 atom stereocenters. The fourth-order valence-electron chi connectivity index (χ4n) is 5.23. The van der Waals surface area contributed by atoms with Crippen LogP contribution in [0.3, 0.4) is 0 Å². The summed E-state index contributed by atoms with van der Waals surface area (Å²) < 4.78 is 44.6. The Balaban J connectivity index is 1.43. The summed E-state index contributed by atoms with van der Waals surface area (Å²) in [4.78, 5) is 19.7. The summed E-state index contributed by atoms with van der Waals surface area (Å²) in [5.74, 6) is -4.08. The highest BCUT2D eigenvalue weighted by atomic mass is 19.2. The number of rotatable bonds is 2. The van der Waals surface area contributed by atoms with Crippen LogP contribution in [0.1, 0.15) is 40.6 Å². The Hall–Kier alpha value is -3.62. The number of halogens is 3. The van der Waals surface area contributed by atoms with E-state index >= 15 is 0 Å². The third kappa shape index (κ3) is 2.57. The third-order valence-electron chi connectivity index (χ3n) is 6.56. The summed E-state index contributed by atoms with van der Waals surface area (Å²) in [6, 6.07) is 7.24. The molecule has 4 aromatic rings. The van der Waals surface area contributed by atoms with Gasteiger partial charge in [0.05, 0.1) is 23.6 Å². The Morgan fingerprint density at radius 3 is 2.69 bits per heavy atom. The van der Waals surface area contributed by atoms with Crippen molar-refractivity contribution in [3.05, 3.63) is 77.1 Å². The average Bonchev–Trinajstić information content (AvgIpc) is 3.44. The number of aromatic nitrogens is 4. The lowest BCUT2D eigenvalue weighted by molar-refractivity contribution is 0.0635. The molecular formula is C23H18F3N5O. The van der Waals surface area contributed by atoms with Crippen molar-refractivity contribution < 1.29 is 18.0 Å². The standard InChI is InChI=1S/C23H18F3N5O/c1-29-22(12-8-15(24)20(26)16(25)9-12)14-10-13-5-6-17(21(14)28-29)31(13)23(32)18-11-27-19-4-2-3-7-30(18)19/h2-4,7-9,11,13,17H,5-6,10H2,1H3. The van der Waals surface area contributed by atoms with Gasteiger partial charge in [0.25, 0.3) is 5.91 Å². The molecule has 0 saturated carbocycles. The Bertz CT molecular complexity index is 1390. The summed E-state index contributed by atoms with van der Waals surface area (Å²) in [7, 11) is 1.69. The SMILES string of the molecule is Cn1nc2c(c1-c1cc(F)c(F)c(F)c1)CC1CCC2N1C(=O)c1cnc2ccccn12. The molecule has 2 unspecified atom stereocenters. The number of fused-ring (bicyclic) bond motifs is 5. The van der Waals surface area contributed by atoms with Gasteiger partial charge in [0, 0.05) is 30.4 Å². The van der Waals surface area contributed by atoms with E-state index in [2.05, 4.69) is 10.1 Å². The lowest BCUT2D eigenvalue weighted by atomic mass is 9.94. The molecule has 6 nitrogen and oxygen atoms in total. The van der Waals surface area contributed by atoms with Gasteiger partial charge in [-0.25, -0.2) is 18.2 Å². The maximum absolute atomic E-state index is 13.9. The molecule has 0 spiro atoms. The number of aryl methyl sites for hydroxylation is 1. The quantitative estimate of drug-likeness (QED) is 0.445. The minimum Gasteiger partial charge on any atom is -0.325 e. The third-order valence-corrected chi connectivity index (χ3v) is 6.56. The van der Waals surface area contributed by atoms with Gasteiger partial charge in [0.1, 0.15) is 11.3 Å². The van der Waals surface area contributed by atoms with Crippen LogP contribution >= 0.6 is 0 Å². The number of amides is 1. The molecule has 1 saturated heterocycles. The second-order valence-corrected chi connectivity index (χ2v) is 8.33. The van der Waals surface area contributed by atoms with Gasteiger partial charge in [0.15, 0.2) is 17.5 Å². The van der Waals surface area contributed by atoms with Crippen LogP contribution in [-0.4, -0.2) is 36.0 Å². The number of hydrogen-bond donors (Lipinski definition) is 0. The summed E-state index contributed by atoms with van der Waals surface area (Å²) in [6.45, 7) is 0. The van der Waals surface area contributed by atoms with Crippen molar-refractivity contribution in [2.75, 3.05) is 0 Å². The van der Waals surface area contributed by atoms with E-state index < -0.39 is 17.5 Å². The fourth-order valence-corrected chi connectivity index (χ4v) is 5.23. The summed E-state index contributed by atoms with van der Waals surface area (Å²) >= 11 is 0. The number of benzene rings is 1. The van der Waals surface area contributed by atoms with Crippen LogP contribution in [0, 0.1) is 17.5 Å². The topological polar surface area (TPSA) is 55.4 Å². The van der Waals surface area contributed by atoms with Crippen molar-refractivity contribution in [3.63, 3.8) is 0 Å². The molecule has 1 fully saturated rings. The molecule has 0 radical (unpaired) electrons. The smallest absolute Gasteiger partial charge is 0.273 e. The van der Waals surface area contributed by atoms with Crippen LogP contribution in [0.25, 0.3) is 16.9 Å². The zero-order valence-corrected chi connectivity index (χ0v) is 17.1. The zero-order chi connectivity index (χ0) is 22.1. The minimum atomic E-state index is -1.49. The molecule has 2 aliphatic heterocycles. The van der Waals surface area contributed by atoms with E-state index in [9.17, 15) is 18.0 Å². The monoisotopic (exact) mass is 437 g/mol. The van der Waals surface area contributed by atoms with Crippen LogP contribution < -0.4 is 0 Å². The van der Waals surface area contributed by atoms with E-state index in [-0.39, 0.29) is 23.6 Å². The van der Waals surface area contributed by atoms with E-state index in [1.807, 2.05) is 29.3 Å². The van der Waals surface area contributed by atoms with Crippen molar-refractivity contribution in [1.29, 1.82) is 0 Å². The molecule has 162 valence electrons. The van der Waals surface area contributed by atoms with Crippen molar-refractivity contribution in [2.45, 2.75) is 31.3 Å². The Kier molecular flexibility index (Phi) is 3.99. The second kappa shape index (κ2) is 6.69. The lowest BCUT2D eigenvalue weighted by Crippen LogP contribution is -2.42. The molecule has 1 aromatic carbocycles. The first-order valence-corrected chi connectivity index (χ1v) is 10.4. The lowest BCUT2D eigenvalue weighted by Gasteiger charge is -2.34. The van der Waals surface area contributed by atoms with Crippen molar-refractivity contribution in [3.8, 4) is 11.3 Å². The van der Waals surface area contributed by atoms with Crippen molar-refractivity contribution in [1.82, 2.24) is 24.1 Å². The first-order valence-electron chi connectivity index (χ1n) is 10.4. The maximum atomic E-state index is 13.9. The molecule has 5 heterocycles. The van der Waals surface area contributed by atoms with Crippen LogP contribution in [0.5, 0.6) is 0 Å². The van der Waals surface area contributed by atoms with Crippen molar-refractivity contribution >= 4 is 11.6 Å². The second-order valence-electron chi connectivity index (χ2n) is 8.33. The molecule has 2 aliphatic rings. The highest BCUT2D eigenvalue weighted by Gasteiger charge is 2.46. The van der Waals surface area contributed by atoms with Crippen molar-refractivity contribution in [2.24, 2.45) is 7.05 Å². The molecule has 32 heavy (non-hydrogen) atoms. The van der Waals surface area contributed by atoms with E-state index in [1.54, 1.807) is 22.3 Å². The molecule has 9 heteroatoms. The van der Waals surface area contributed by atoms with E-state index in [0.29, 0.717) is 23.5 Å². The molecular weight excluding hydrogens is 419 g/mol. The number of hydrogen-bond acceptors (Lipinski definition) is 3. The Morgan fingerprint density at radius 1 is 1.12 bits per heavy atom. The van der Waals surface area contributed by atoms with Gasteiger partial charge in [-0.15, -0.1) is 0 Å². The normalized spacial score (nSPS) is 19.6. The summed E-state index contributed by atoms with van der Waals surface area (Å²) in [6.07, 6.45) is 5.46. The molecule has 3 aromatic heterocycles. The first kappa shape index (κ1) is 19.1. The average molecular weight is 437 g/mol. The fraction of sp³-hybridized carbons (Fsp3) is 0.261. The molecule has 1 amide bonds. The van der Waals surface area contributed by atoms with Crippen LogP contribution in [-0.2, 0) is 13.5 Å². The number of carbonyl (C=O) groups is 1. The zero-order valence-electron chi connectivity index (χ0n) is 17.1. The molecule has 2 bridgehead atoms. The van der Waals surface area contributed by atoms with Gasteiger partial charge in [-0.3, -0.25) is 13.9 Å². The van der Waals surface area contributed by atoms with Gasteiger partial charge < -0.3 is 4.90 Å². The van der Waals surface area contributed by atoms with E-state index in [0.717, 1.165) is 36.2 Å². The molecule has 6 rings (SSSR count). The van der Waals surface area contributed by atoms with Gasteiger partial charge in [0.2, 0.25) is 0 Å². The molecule has 0 aliphatic carbocycles. The van der Waals surface area contributed by atoms with E-state index in [4.69, 9.17) is 0 Å². The van der Waals surface area contributed by atoms with Gasteiger partial charge in [-0.05, 0) is 43.5 Å². The summed E-state index contributed by atoms with van der Waals surface area (Å²) in [5, 5.41) is 4.63. The molecule has 0 N–H and O–H groups in total. The predicted octanol–water partition coefficient (Wildman–Crippen LogP) is 4.05. The van der Waals surface area contributed by atoms with Gasteiger partial charge >= 0.3 is 0 Å². The first-order chi connectivity index (χ1) is 15.4. The van der Waals surface area contributed by atoms with E-state index in [1.165, 1.54) is 0 Å². The largest absolute Gasteiger partial charge is 0.325 e. The predicted molar refractivity (Wildman–Crippen MR) is 109 cm³/mol. The summed E-state index contributed by atoms with van der Waals surface area (Å²) in [5.41, 5.74) is 3.55. The van der Waals surface area contributed by atoms with Crippen LogP contribution in [0.15, 0.2) is 42.7 Å². The Morgan fingerprint density at radius 2 is 1.91 bits per heavy atom. The van der Waals surface area contributed by atoms with Crippen LogP contribution in [0.2, 0.25) is 0 Å². The van der Waals surface area contributed by atoms with Gasteiger partial charge in [-0.2, -0.15) is 5.10 Å².